The number of nitrogens with one attached hydrogen (secondary N) is 1. The molecular formula is C13H8F3N3O2. The second kappa shape index (κ2) is 5.28. The first-order chi connectivity index (χ1) is 9.81. The molecule has 8 heteroatoms. The van der Waals surface area contributed by atoms with Crippen molar-refractivity contribution in [2.75, 3.05) is 5.32 Å². The van der Waals surface area contributed by atoms with Crippen LogP contribution < -0.4 is 5.32 Å². The predicted octanol–water partition coefficient (Wildman–Crippen LogP) is 3.13. The first kappa shape index (κ1) is 14.6. The number of alkyl halides is 3. The largest absolute Gasteiger partial charge is 0.416 e. The molecule has 0 bridgehead atoms. The van der Waals surface area contributed by atoms with E-state index in [0.29, 0.717) is 11.8 Å². The molecule has 2 aromatic rings. The minimum Gasteiger partial charge on any atom is -0.361 e. The maximum Gasteiger partial charge on any atom is 0.416 e. The van der Waals surface area contributed by atoms with Crippen LogP contribution in [0.4, 0.5) is 18.9 Å². The molecule has 1 amide bonds. The van der Waals surface area contributed by atoms with Crippen molar-refractivity contribution in [3.05, 3.63) is 46.8 Å². The lowest BCUT2D eigenvalue weighted by Gasteiger charge is -2.10. The molecular weight excluding hydrogens is 287 g/mol. The number of aryl methyl sites for hydroxylation is 1. The van der Waals surface area contributed by atoms with E-state index in [9.17, 15) is 18.0 Å². The Bertz CT molecular complexity index is 729. The molecule has 1 heterocycles. The Labute approximate surface area is 117 Å². The van der Waals surface area contributed by atoms with Crippen molar-refractivity contribution in [1.82, 2.24) is 5.16 Å². The fraction of sp³-hybridized carbons (Fsp3) is 0.154. The molecule has 1 N–H and O–H groups in total. The highest BCUT2D eigenvalue weighted by Gasteiger charge is 2.31. The normalized spacial score (nSPS) is 11.0. The van der Waals surface area contributed by atoms with E-state index in [0.717, 1.165) is 12.1 Å². The molecule has 0 aliphatic heterocycles. The third kappa shape index (κ3) is 3.20. The van der Waals surface area contributed by atoms with Crippen LogP contribution in [0.1, 0.15) is 27.4 Å². The summed E-state index contributed by atoms with van der Waals surface area (Å²) >= 11 is 0. The van der Waals surface area contributed by atoms with E-state index in [-0.39, 0.29) is 16.9 Å². The molecule has 0 atom stereocenters. The zero-order valence-electron chi connectivity index (χ0n) is 10.7. The summed E-state index contributed by atoms with van der Waals surface area (Å²) in [6.07, 6.45) is -4.56. The van der Waals surface area contributed by atoms with Gasteiger partial charge in [0.2, 0.25) is 0 Å². The Morgan fingerprint density at radius 2 is 2.10 bits per heavy atom. The Kier molecular flexibility index (Phi) is 3.67. The molecule has 108 valence electrons. The van der Waals surface area contributed by atoms with Gasteiger partial charge in [-0.3, -0.25) is 4.79 Å². The maximum atomic E-state index is 12.5. The maximum absolute atomic E-state index is 12.5. The van der Waals surface area contributed by atoms with E-state index in [1.165, 1.54) is 6.07 Å². The third-order valence-corrected chi connectivity index (χ3v) is 2.58. The van der Waals surface area contributed by atoms with Gasteiger partial charge >= 0.3 is 6.18 Å². The molecule has 0 saturated carbocycles. The zero-order chi connectivity index (χ0) is 15.6. The Balaban J connectivity index is 2.29. The van der Waals surface area contributed by atoms with E-state index in [1.807, 2.05) is 0 Å². The second-order valence-corrected chi connectivity index (χ2v) is 4.15. The highest BCUT2D eigenvalue weighted by atomic mass is 19.4. The number of benzene rings is 1. The van der Waals surface area contributed by atoms with Gasteiger partial charge < -0.3 is 9.84 Å². The number of halogens is 3. The van der Waals surface area contributed by atoms with Gasteiger partial charge in [0, 0.05) is 6.07 Å². The fourth-order valence-electron chi connectivity index (χ4n) is 1.58. The van der Waals surface area contributed by atoms with E-state index >= 15 is 0 Å². The molecule has 5 nitrogen and oxygen atoms in total. The van der Waals surface area contributed by atoms with Crippen molar-refractivity contribution < 1.29 is 22.5 Å². The Morgan fingerprint density at radius 3 is 2.62 bits per heavy atom. The van der Waals surface area contributed by atoms with Crippen molar-refractivity contribution in [1.29, 1.82) is 5.26 Å². The van der Waals surface area contributed by atoms with Crippen molar-refractivity contribution in [2.24, 2.45) is 0 Å². The van der Waals surface area contributed by atoms with Gasteiger partial charge in [-0.1, -0.05) is 5.16 Å². The standard InChI is InChI=1S/C13H8F3N3O2/c1-7-4-11(19-21-7)12(20)18-10-3-2-9(13(14,15)16)5-8(10)6-17/h2-5H,1H3,(H,18,20). The van der Waals surface area contributed by atoms with Crippen molar-refractivity contribution in [3.63, 3.8) is 0 Å². The van der Waals surface area contributed by atoms with Crippen molar-refractivity contribution in [3.8, 4) is 6.07 Å². The lowest BCUT2D eigenvalue weighted by molar-refractivity contribution is -0.137. The number of nitriles is 1. The summed E-state index contributed by atoms with van der Waals surface area (Å²) in [5, 5.41) is 14.7. The average molecular weight is 295 g/mol. The van der Waals surface area contributed by atoms with Gasteiger partial charge in [-0.05, 0) is 25.1 Å². The van der Waals surface area contributed by atoms with Crippen LogP contribution in [-0.2, 0) is 6.18 Å². The van der Waals surface area contributed by atoms with Crippen LogP contribution in [0, 0.1) is 18.3 Å². The molecule has 0 aliphatic rings. The molecule has 2 rings (SSSR count). The monoisotopic (exact) mass is 295 g/mol. The number of hydrogen-bond acceptors (Lipinski definition) is 4. The summed E-state index contributed by atoms with van der Waals surface area (Å²) in [6.45, 7) is 1.59. The van der Waals surface area contributed by atoms with Crippen LogP contribution in [0.3, 0.4) is 0 Å². The molecule has 0 spiro atoms. The minimum atomic E-state index is -4.56. The van der Waals surface area contributed by atoms with Gasteiger partial charge in [0.05, 0.1) is 16.8 Å². The van der Waals surface area contributed by atoms with Gasteiger partial charge in [0.1, 0.15) is 11.8 Å². The Morgan fingerprint density at radius 1 is 1.38 bits per heavy atom. The average Bonchev–Trinajstić information content (AvgIpc) is 2.84. The molecule has 0 unspecified atom stereocenters. The van der Waals surface area contributed by atoms with E-state index in [1.54, 1.807) is 13.0 Å². The summed E-state index contributed by atoms with van der Waals surface area (Å²) in [7, 11) is 0. The lowest BCUT2D eigenvalue weighted by Crippen LogP contribution is -2.14. The summed E-state index contributed by atoms with van der Waals surface area (Å²) in [6, 6.07) is 5.45. The minimum absolute atomic E-state index is 0.0312. The molecule has 21 heavy (non-hydrogen) atoms. The quantitative estimate of drug-likeness (QED) is 0.923. The molecule has 0 saturated heterocycles. The van der Waals surface area contributed by atoms with Crippen LogP contribution >= 0.6 is 0 Å². The number of hydrogen-bond donors (Lipinski definition) is 1. The van der Waals surface area contributed by atoms with Crippen molar-refractivity contribution in [2.45, 2.75) is 13.1 Å². The van der Waals surface area contributed by atoms with Gasteiger partial charge in [-0.25, -0.2) is 0 Å². The Hall–Kier alpha value is -2.82. The van der Waals surface area contributed by atoms with Gasteiger partial charge in [-0.2, -0.15) is 18.4 Å². The lowest BCUT2D eigenvalue weighted by atomic mass is 10.1. The van der Waals surface area contributed by atoms with E-state index in [2.05, 4.69) is 10.5 Å². The molecule has 0 aliphatic carbocycles. The smallest absolute Gasteiger partial charge is 0.361 e. The summed E-state index contributed by atoms with van der Waals surface area (Å²) < 4.78 is 42.4. The van der Waals surface area contributed by atoms with Crippen LogP contribution in [-0.4, -0.2) is 11.1 Å². The topological polar surface area (TPSA) is 78.9 Å². The molecule has 1 aromatic heterocycles. The number of rotatable bonds is 2. The number of amides is 1. The molecule has 0 radical (unpaired) electrons. The van der Waals surface area contributed by atoms with Gasteiger partial charge in [0.25, 0.3) is 5.91 Å². The van der Waals surface area contributed by atoms with E-state index in [4.69, 9.17) is 9.78 Å². The fourth-order valence-corrected chi connectivity index (χ4v) is 1.58. The summed E-state index contributed by atoms with van der Waals surface area (Å²) in [5.41, 5.74) is -1.32. The number of nitrogens with zero attached hydrogens (tertiary/aromatic N) is 2. The summed E-state index contributed by atoms with van der Waals surface area (Å²) in [4.78, 5) is 11.8. The second-order valence-electron chi connectivity index (χ2n) is 4.15. The van der Waals surface area contributed by atoms with Crippen LogP contribution in [0.15, 0.2) is 28.8 Å². The van der Waals surface area contributed by atoms with Crippen LogP contribution in [0.5, 0.6) is 0 Å². The first-order valence-corrected chi connectivity index (χ1v) is 5.67. The van der Waals surface area contributed by atoms with E-state index < -0.39 is 17.6 Å². The predicted molar refractivity (Wildman–Crippen MR) is 65.4 cm³/mol. The van der Waals surface area contributed by atoms with Gasteiger partial charge in [0.15, 0.2) is 5.69 Å². The first-order valence-electron chi connectivity index (χ1n) is 5.67. The number of anilines is 1. The zero-order valence-corrected chi connectivity index (χ0v) is 10.7. The van der Waals surface area contributed by atoms with Crippen LogP contribution in [0.25, 0.3) is 0 Å². The number of carbonyl (C=O) groups excluding carboxylic acids is 1. The SMILES string of the molecule is Cc1cc(C(=O)Nc2ccc(C(F)(F)F)cc2C#N)no1. The van der Waals surface area contributed by atoms with Crippen LogP contribution in [0.2, 0.25) is 0 Å². The third-order valence-electron chi connectivity index (χ3n) is 2.58. The number of aromatic nitrogens is 1. The molecule has 1 aromatic carbocycles. The van der Waals surface area contributed by atoms with Gasteiger partial charge in [-0.15, -0.1) is 0 Å². The highest BCUT2D eigenvalue weighted by molar-refractivity contribution is 6.03. The summed E-state index contributed by atoms with van der Waals surface area (Å²) in [5.74, 6) is -0.267. The molecule has 0 fully saturated rings. The number of carbonyl (C=O) groups is 1. The van der Waals surface area contributed by atoms with Crippen molar-refractivity contribution >= 4 is 11.6 Å². The highest BCUT2D eigenvalue weighted by Crippen LogP contribution is 2.31.